The molecule has 0 aliphatic rings. The van der Waals surface area contributed by atoms with Gasteiger partial charge in [0.1, 0.15) is 4.90 Å². The van der Waals surface area contributed by atoms with E-state index in [-0.39, 0.29) is 28.8 Å². The topological polar surface area (TPSA) is 75.3 Å². The largest absolute Gasteiger partial charge is 0.326 e. The maximum atomic E-state index is 12.2. The normalized spacial score (nSPS) is 11.5. The van der Waals surface area contributed by atoms with Crippen LogP contribution in [0.2, 0.25) is 5.02 Å². The summed E-state index contributed by atoms with van der Waals surface area (Å²) in [5.74, 6) is 0.0991. The van der Waals surface area contributed by atoms with Gasteiger partial charge in [0.2, 0.25) is 15.9 Å². The summed E-state index contributed by atoms with van der Waals surface area (Å²) in [6, 6.07) is 13.8. The van der Waals surface area contributed by atoms with Crippen molar-refractivity contribution in [2.24, 2.45) is 0 Å². The van der Waals surface area contributed by atoms with Crippen LogP contribution in [-0.4, -0.2) is 20.9 Å². The summed E-state index contributed by atoms with van der Waals surface area (Å²) in [5.41, 5.74) is 1.82. The fraction of sp³-hybridized carbons (Fsp3) is 0.278. The van der Waals surface area contributed by atoms with E-state index in [9.17, 15) is 13.2 Å². The summed E-state index contributed by atoms with van der Waals surface area (Å²) in [7, 11) is -3.74. The molecule has 2 rings (SSSR count). The van der Waals surface area contributed by atoms with Crippen LogP contribution in [0, 0.1) is 0 Å². The van der Waals surface area contributed by atoms with Gasteiger partial charge in [-0.1, -0.05) is 49.7 Å². The molecular weight excluding hydrogens is 360 g/mol. The predicted molar refractivity (Wildman–Crippen MR) is 100 cm³/mol. The van der Waals surface area contributed by atoms with Crippen molar-refractivity contribution in [3.05, 3.63) is 59.1 Å². The van der Waals surface area contributed by atoms with Gasteiger partial charge in [0, 0.05) is 18.7 Å². The van der Waals surface area contributed by atoms with Crippen LogP contribution in [0.15, 0.2) is 53.4 Å². The molecule has 0 spiro atoms. The summed E-state index contributed by atoms with van der Waals surface area (Å²) in [4.78, 5) is 12.0. The van der Waals surface area contributed by atoms with E-state index in [1.165, 1.54) is 12.1 Å². The van der Waals surface area contributed by atoms with Crippen molar-refractivity contribution in [1.82, 2.24) is 4.72 Å². The highest BCUT2D eigenvalue weighted by molar-refractivity contribution is 7.89. The lowest BCUT2D eigenvalue weighted by molar-refractivity contribution is -0.116. The molecule has 0 saturated carbocycles. The summed E-state index contributed by atoms with van der Waals surface area (Å²) in [6.07, 6.45) is 0.0234. The van der Waals surface area contributed by atoms with Crippen molar-refractivity contribution in [3.63, 3.8) is 0 Å². The van der Waals surface area contributed by atoms with Crippen LogP contribution in [0.5, 0.6) is 0 Å². The van der Waals surface area contributed by atoms with E-state index in [1.54, 1.807) is 18.2 Å². The molecule has 2 aromatic carbocycles. The second-order valence-electron chi connectivity index (χ2n) is 5.91. The Morgan fingerprint density at radius 1 is 1.12 bits per heavy atom. The van der Waals surface area contributed by atoms with Gasteiger partial charge >= 0.3 is 0 Å². The first-order chi connectivity index (χ1) is 11.8. The second-order valence-corrected chi connectivity index (χ2v) is 8.05. The summed E-state index contributed by atoms with van der Waals surface area (Å²) < 4.78 is 26.8. The Labute approximate surface area is 153 Å². The van der Waals surface area contributed by atoms with Gasteiger partial charge in [0.15, 0.2) is 0 Å². The number of rotatable bonds is 7. The van der Waals surface area contributed by atoms with E-state index in [0.717, 1.165) is 5.56 Å². The van der Waals surface area contributed by atoms with Crippen LogP contribution in [0.4, 0.5) is 5.69 Å². The molecule has 0 aliphatic heterocycles. The van der Waals surface area contributed by atoms with Gasteiger partial charge in [-0.05, 0) is 35.7 Å². The van der Waals surface area contributed by atoms with Gasteiger partial charge in [-0.2, -0.15) is 0 Å². The minimum atomic E-state index is -3.74. The average Bonchev–Trinajstić information content (AvgIpc) is 2.55. The van der Waals surface area contributed by atoms with Gasteiger partial charge in [0.05, 0.1) is 5.02 Å². The number of hydrogen-bond acceptors (Lipinski definition) is 3. The van der Waals surface area contributed by atoms with Gasteiger partial charge in [-0.15, -0.1) is 0 Å². The Bertz CT molecular complexity index is 851. The maximum absolute atomic E-state index is 12.2. The quantitative estimate of drug-likeness (QED) is 0.767. The zero-order valence-electron chi connectivity index (χ0n) is 14.1. The molecule has 0 aromatic heterocycles. The van der Waals surface area contributed by atoms with Gasteiger partial charge in [-0.3, -0.25) is 4.79 Å². The van der Waals surface area contributed by atoms with E-state index in [1.807, 2.05) is 18.2 Å². The standard InChI is InChI=1S/C18H21ClN2O3S/c1-13(2)14-6-5-7-15(12-14)21-18(22)10-11-20-25(23,24)17-9-4-3-8-16(17)19/h3-9,12-13,20H,10-11H2,1-2H3,(H,21,22). The number of anilines is 1. The maximum Gasteiger partial charge on any atom is 0.242 e. The molecule has 5 nitrogen and oxygen atoms in total. The molecule has 0 aliphatic carbocycles. The molecule has 134 valence electrons. The van der Waals surface area contributed by atoms with Crippen LogP contribution < -0.4 is 10.0 Å². The first-order valence-electron chi connectivity index (χ1n) is 7.93. The zero-order valence-corrected chi connectivity index (χ0v) is 15.7. The Hall–Kier alpha value is -1.89. The highest BCUT2D eigenvalue weighted by Crippen LogP contribution is 2.20. The zero-order chi connectivity index (χ0) is 18.4. The van der Waals surface area contributed by atoms with E-state index in [0.29, 0.717) is 11.6 Å². The number of sulfonamides is 1. The van der Waals surface area contributed by atoms with E-state index in [4.69, 9.17) is 11.6 Å². The van der Waals surface area contributed by atoms with Crippen LogP contribution in [-0.2, 0) is 14.8 Å². The monoisotopic (exact) mass is 380 g/mol. The molecule has 2 aromatic rings. The highest BCUT2D eigenvalue weighted by Gasteiger charge is 2.17. The first kappa shape index (κ1) is 19.4. The Balaban J connectivity index is 1.90. The Kier molecular flexibility index (Phi) is 6.58. The van der Waals surface area contributed by atoms with Crippen molar-refractivity contribution in [2.75, 3.05) is 11.9 Å². The number of carbonyl (C=O) groups is 1. The number of nitrogens with one attached hydrogen (secondary N) is 2. The Morgan fingerprint density at radius 2 is 1.84 bits per heavy atom. The van der Waals surface area contributed by atoms with Crippen molar-refractivity contribution < 1.29 is 13.2 Å². The molecule has 25 heavy (non-hydrogen) atoms. The van der Waals surface area contributed by atoms with Gasteiger partial charge in [-0.25, -0.2) is 13.1 Å². The lowest BCUT2D eigenvalue weighted by Crippen LogP contribution is -2.28. The first-order valence-corrected chi connectivity index (χ1v) is 9.80. The third-order valence-corrected chi connectivity index (χ3v) is 5.57. The fourth-order valence-corrected chi connectivity index (χ4v) is 3.79. The van der Waals surface area contributed by atoms with Gasteiger partial charge < -0.3 is 5.32 Å². The van der Waals surface area contributed by atoms with E-state index >= 15 is 0 Å². The minimum Gasteiger partial charge on any atom is -0.326 e. The minimum absolute atomic E-state index is 0.00158. The average molecular weight is 381 g/mol. The highest BCUT2D eigenvalue weighted by atomic mass is 35.5. The molecule has 0 heterocycles. The van der Waals surface area contributed by atoms with Crippen LogP contribution in [0.1, 0.15) is 31.7 Å². The number of hydrogen-bond donors (Lipinski definition) is 2. The SMILES string of the molecule is CC(C)c1cccc(NC(=O)CCNS(=O)(=O)c2ccccc2Cl)c1. The molecule has 0 atom stereocenters. The molecule has 1 amide bonds. The lowest BCUT2D eigenvalue weighted by atomic mass is 10.0. The third kappa shape index (κ3) is 5.56. The summed E-state index contributed by atoms with van der Waals surface area (Å²) in [6.45, 7) is 4.14. The number of amides is 1. The number of carbonyl (C=O) groups excluding carboxylic acids is 1. The molecular formula is C18H21ClN2O3S. The molecule has 0 bridgehead atoms. The van der Waals surface area contributed by atoms with Crippen molar-refractivity contribution >= 4 is 33.2 Å². The predicted octanol–water partition coefficient (Wildman–Crippen LogP) is 3.77. The molecule has 0 radical (unpaired) electrons. The summed E-state index contributed by atoms with van der Waals surface area (Å²) in [5, 5.41) is 2.92. The lowest BCUT2D eigenvalue weighted by Gasteiger charge is -2.10. The van der Waals surface area contributed by atoms with Crippen molar-refractivity contribution in [1.29, 1.82) is 0 Å². The third-order valence-electron chi connectivity index (χ3n) is 3.61. The molecule has 0 saturated heterocycles. The smallest absolute Gasteiger partial charge is 0.242 e. The number of halogens is 1. The van der Waals surface area contributed by atoms with Gasteiger partial charge in [0.25, 0.3) is 0 Å². The van der Waals surface area contributed by atoms with Crippen molar-refractivity contribution in [2.45, 2.75) is 31.1 Å². The van der Waals surface area contributed by atoms with Crippen LogP contribution in [0.25, 0.3) is 0 Å². The van der Waals surface area contributed by atoms with Crippen LogP contribution >= 0.6 is 11.6 Å². The second kappa shape index (κ2) is 8.47. The molecule has 0 fully saturated rings. The van der Waals surface area contributed by atoms with E-state index in [2.05, 4.69) is 23.9 Å². The van der Waals surface area contributed by atoms with E-state index < -0.39 is 10.0 Å². The number of benzene rings is 2. The molecule has 7 heteroatoms. The fourth-order valence-electron chi connectivity index (χ4n) is 2.24. The van der Waals surface area contributed by atoms with Crippen molar-refractivity contribution in [3.8, 4) is 0 Å². The summed E-state index contributed by atoms with van der Waals surface area (Å²) >= 11 is 5.90. The van der Waals surface area contributed by atoms with Crippen LogP contribution in [0.3, 0.4) is 0 Å². The molecule has 2 N–H and O–H groups in total. The molecule has 0 unspecified atom stereocenters. The Morgan fingerprint density at radius 3 is 2.52 bits per heavy atom.